The molecule has 1 N–H and O–H groups in total. The molecule has 0 saturated carbocycles. The van der Waals surface area contributed by atoms with E-state index in [2.05, 4.69) is 12.2 Å². The summed E-state index contributed by atoms with van der Waals surface area (Å²) in [7, 11) is 3.25. The average molecular weight is 270 g/mol. The van der Waals surface area contributed by atoms with Crippen molar-refractivity contribution in [1.29, 1.82) is 0 Å². The molecule has 1 fully saturated rings. The number of benzene rings is 1. The molecule has 1 unspecified atom stereocenters. The lowest BCUT2D eigenvalue weighted by molar-refractivity contribution is 0.352. The van der Waals surface area contributed by atoms with Crippen molar-refractivity contribution in [3.8, 4) is 11.5 Å². The molecule has 1 aromatic carbocycles. The van der Waals surface area contributed by atoms with E-state index < -0.39 is 0 Å². The van der Waals surface area contributed by atoms with E-state index in [4.69, 9.17) is 21.1 Å². The van der Waals surface area contributed by atoms with Crippen molar-refractivity contribution in [1.82, 2.24) is 5.32 Å². The number of halogens is 1. The summed E-state index contributed by atoms with van der Waals surface area (Å²) in [6.07, 6.45) is 3.60. The summed E-state index contributed by atoms with van der Waals surface area (Å²) in [5.41, 5.74) is 2.30. The summed E-state index contributed by atoms with van der Waals surface area (Å²) in [5, 5.41) is 4.20. The molecule has 3 nitrogen and oxygen atoms in total. The number of hydrogen-bond donors (Lipinski definition) is 1. The second kappa shape index (κ2) is 5.81. The van der Waals surface area contributed by atoms with Crippen molar-refractivity contribution in [2.24, 2.45) is 0 Å². The minimum atomic E-state index is 0.325. The lowest BCUT2D eigenvalue weighted by Crippen LogP contribution is -2.27. The summed E-state index contributed by atoms with van der Waals surface area (Å²) in [6, 6.07) is 2.32. The summed E-state index contributed by atoms with van der Waals surface area (Å²) in [6.45, 7) is 3.12. The van der Waals surface area contributed by atoms with E-state index in [1.807, 2.05) is 6.07 Å². The van der Waals surface area contributed by atoms with Gasteiger partial charge in [-0.15, -0.1) is 0 Å². The lowest BCUT2D eigenvalue weighted by Gasteiger charge is -2.27. The first-order chi connectivity index (χ1) is 8.69. The molecule has 0 aromatic heterocycles. The largest absolute Gasteiger partial charge is 0.493 e. The Morgan fingerprint density at radius 2 is 2.06 bits per heavy atom. The van der Waals surface area contributed by atoms with Crippen LogP contribution in [-0.2, 0) is 0 Å². The van der Waals surface area contributed by atoms with Crippen LogP contribution < -0.4 is 14.8 Å². The number of aryl methyl sites for hydroxylation is 1. The zero-order valence-corrected chi connectivity index (χ0v) is 11.9. The van der Waals surface area contributed by atoms with Gasteiger partial charge in [-0.05, 0) is 43.5 Å². The van der Waals surface area contributed by atoms with Gasteiger partial charge < -0.3 is 14.8 Å². The van der Waals surface area contributed by atoms with Gasteiger partial charge >= 0.3 is 0 Å². The number of rotatable bonds is 3. The highest BCUT2D eigenvalue weighted by molar-refractivity contribution is 6.33. The molecule has 0 spiro atoms. The van der Waals surface area contributed by atoms with E-state index in [1.165, 1.54) is 12.8 Å². The normalized spacial score (nSPS) is 19.7. The fourth-order valence-corrected chi connectivity index (χ4v) is 3.06. The Kier molecular flexibility index (Phi) is 4.36. The molecule has 100 valence electrons. The van der Waals surface area contributed by atoms with E-state index in [1.54, 1.807) is 14.2 Å². The van der Waals surface area contributed by atoms with Gasteiger partial charge in [-0.3, -0.25) is 0 Å². The average Bonchev–Trinajstić information content (AvgIpc) is 2.39. The smallest absolute Gasteiger partial charge is 0.179 e. The molecule has 0 aliphatic carbocycles. The first kappa shape index (κ1) is 13.5. The third kappa shape index (κ3) is 2.43. The van der Waals surface area contributed by atoms with Gasteiger partial charge in [0.25, 0.3) is 0 Å². The van der Waals surface area contributed by atoms with E-state index in [0.29, 0.717) is 22.6 Å². The van der Waals surface area contributed by atoms with E-state index in [-0.39, 0.29) is 0 Å². The lowest BCUT2D eigenvalue weighted by atomic mass is 9.93. The van der Waals surface area contributed by atoms with Crippen LogP contribution in [-0.4, -0.2) is 20.8 Å². The summed E-state index contributed by atoms with van der Waals surface area (Å²) in [5.74, 6) is 1.33. The Morgan fingerprint density at radius 1 is 1.28 bits per heavy atom. The van der Waals surface area contributed by atoms with Crippen molar-refractivity contribution in [3.63, 3.8) is 0 Å². The molecule has 1 heterocycles. The second-order valence-corrected chi connectivity index (χ2v) is 5.04. The Morgan fingerprint density at radius 3 is 2.61 bits per heavy atom. The second-order valence-electron chi connectivity index (χ2n) is 4.66. The van der Waals surface area contributed by atoms with E-state index >= 15 is 0 Å². The Hall–Kier alpha value is -0.930. The van der Waals surface area contributed by atoms with Gasteiger partial charge in [0.1, 0.15) is 0 Å². The van der Waals surface area contributed by atoms with Crippen LogP contribution in [0.15, 0.2) is 6.07 Å². The third-order valence-corrected chi connectivity index (χ3v) is 3.89. The molecule has 18 heavy (non-hydrogen) atoms. The highest BCUT2D eigenvalue weighted by Crippen LogP contribution is 2.43. The number of ether oxygens (including phenoxy) is 2. The number of methoxy groups -OCH3 is 2. The first-order valence-electron chi connectivity index (χ1n) is 6.33. The highest BCUT2D eigenvalue weighted by Gasteiger charge is 2.24. The molecular formula is C14H20ClNO2. The van der Waals surface area contributed by atoms with Crippen molar-refractivity contribution in [2.45, 2.75) is 32.2 Å². The molecular weight excluding hydrogens is 250 g/mol. The molecule has 1 aliphatic heterocycles. The number of hydrogen-bond acceptors (Lipinski definition) is 3. The van der Waals surface area contributed by atoms with Gasteiger partial charge in [-0.2, -0.15) is 0 Å². The van der Waals surface area contributed by atoms with E-state index in [9.17, 15) is 0 Å². The van der Waals surface area contributed by atoms with Crippen LogP contribution >= 0.6 is 11.6 Å². The minimum absolute atomic E-state index is 0.325. The number of piperidine rings is 1. The predicted molar refractivity (Wildman–Crippen MR) is 73.9 cm³/mol. The molecule has 2 rings (SSSR count). The summed E-state index contributed by atoms with van der Waals surface area (Å²) in [4.78, 5) is 0. The Bertz CT molecular complexity index is 428. The highest BCUT2D eigenvalue weighted by atomic mass is 35.5. The molecule has 4 heteroatoms. The Balaban J connectivity index is 2.46. The van der Waals surface area contributed by atoms with Gasteiger partial charge in [-0.1, -0.05) is 18.0 Å². The van der Waals surface area contributed by atoms with Crippen molar-refractivity contribution < 1.29 is 9.47 Å². The van der Waals surface area contributed by atoms with Crippen molar-refractivity contribution in [2.75, 3.05) is 20.8 Å². The van der Waals surface area contributed by atoms with Gasteiger partial charge in [0.05, 0.1) is 19.2 Å². The zero-order chi connectivity index (χ0) is 13.1. The maximum atomic E-state index is 6.49. The van der Waals surface area contributed by atoms with Crippen LogP contribution in [0.4, 0.5) is 0 Å². The maximum Gasteiger partial charge on any atom is 0.179 e. The quantitative estimate of drug-likeness (QED) is 0.911. The van der Waals surface area contributed by atoms with E-state index in [0.717, 1.165) is 24.1 Å². The van der Waals surface area contributed by atoms with Crippen LogP contribution in [0.25, 0.3) is 0 Å². The first-order valence-corrected chi connectivity index (χ1v) is 6.71. The van der Waals surface area contributed by atoms with Crippen LogP contribution in [0.2, 0.25) is 5.02 Å². The van der Waals surface area contributed by atoms with Gasteiger partial charge in [-0.25, -0.2) is 0 Å². The molecule has 1 saturated heterocycles. The third-order valence-electron chi connectivity index (χ3n) is 3.51. The van der Waals surface area contributed by atoms with Crippen LogP contribution in [0.3, 0.4) is 0 Å². The standard InChI is InChI=1S/C14H20ClNO2/c1-9-8-11(17-2)14(18-3)13(15)12(9)10-6-4-5-7-16-10/h8,10,16H,4-7H2,1-3H3. The predicted octanol–water partition coefficient (Wildman–Crippen LogP) is 3.48. The van der Waals surface area contributed by atoms with Crippen LogP contribution in [0.1, 0.15) is 36.4 Å². The fourth-order valence-electron chi connectivity index (χ4n) is 2.61. The monoisotopic (exact) mass is 269 g/mol. The van der Waals surface area contributed by atoms with Crippen molar-refractivity contribution >= 4 is 11.6 Å². The maximum absolute atomic E-state index is 6.49. The topological polar surface area (TPSA) is 30.5 Å². The SMILES string of the molecule is COc1cc(C)c(C2CCCCN2)c(Cl)c1OC. The van der Waals surface area contributed by atoms with Gasteiger partial charge in [0, 0.05) is 6.04 Å². The van der Waals surface area contributed by atoms with Crippen molar-refractivity contribution in [3.05, 3.63) is 22.2 Å². The molecule has 1 atom stereocenters. The summed E-state index contributed by atoms with van der Waals surface area (Å²) >= 11 is 6.49. The Labute approximate surface area is 113 Å². The molecule has 0 radical (unpaired) electrons. The molecule has 0 amide bonds. The zero-order valence-electron chi connectivity index (χ0n) is 11.2. The van der Waals surface area contributed by atoms with Crippen LogP contribution in [0, 0.1) is 6.92 Å². The molecule has 0 bridgehead atoms. The number of nitrogens with one attached hydrogen (secondary N) is 1. The fraction of sp³-hybridized carbons (Fsp3) is 0.571. The summed E-state index contributed by atoms with van der Waals surface area (Å²) < 4.78 is 10.7. The minimum Gasteiger partial charge on any atom is -0.493 e. The molecule has 1 aliphatic rings. The molecule has 1 aromatic rings. The van der Waals surface area contributed by atoms with Gasteiger partial charge in [0.2, 0.25) is 0 Å². The van der Waals surface area contributed by atoms with Crippen LogP contribution in [0.5, 0.6) is 11.5 Å². The van der Waals surface area contributed by atoms with Gasteiger partial charge in [0.15, 0.2) is 11.5 Å².